The van der Waals surface area contributed by atoms with Crippen molar-refractivity contribution in [2.45, 2.75) is 57.0 Å². The Balaban J connectivity index is 1.79. The molecular formula is C28H37BF4N6O5. The average Bonchev–Trinajstić information content (AvgIpc) is 3.17. The van der Waals surface area contributed by atoms with Gasteiger partial charge in [-0.25, -0.2) is 4.39 Å². The molecule has 0 saturated carbocycles. The number of benzene rings is 2. The highest BCUT2D eigenvalue weighted by molar-refractivity contribution is 6.62. The van der Waals surface area contributed by atoms with Crippen molar-refractivity contribution in [2.24, 2.45) is 17.2 Å². The summed E-state index contributed by atoms with van der Waals surface area (Å²) in [6.07, 6.45) is -5.04. The second-order valence-corrected chi connectivity index (χ2v) is 11.0. The number of nitrogens with one attached hydrogen (secondary N) is 2. The van der Waals surface area contributed by atoms with E-state index in [1.165, 1.54) is 11.0 Å². The van der Waals surface area contributed by atoms with E-state index in [4.69, 9.17) is 21.9 Å². The molecular weight excluding hydrogens is 587 g/mol. The number of carbonyl (C=O) groups is 3. The highest BCUT2D eigenvalue weighted by Crippen LogP contribution is 2.32. The number of hydrogen-bond acceptors (Lipinski definition) is 8. The lowest BCUT2D eigenvalue weighted by Crippen LogP contribution is -2.51. The van der Waals surface area contributed by atoms with Crippen LogP contribution in [0.4, 0.5) is 23.2 Å². The van der Waals surface area contributed by atoms with E-state index in [9.17, 15) is 32.6 Å². The molecule has 240 valence electrons. The minimum Gasteiger partial charge on any atom is -0.423 e. The van der Waals surface area contributed by atoms with E-state index < -0.39 is 54.2 Å². The quantitative estimate of drug-likeness (QED) is 0.136. The zero-order chi connectivity index (χ0) is 32.8. The molecule has 0 aromatic heterocycles. The van der Waals surface area contributed by atoms with E-state index >= 15 is 4.39 Å². The fourth-order valence-corrected chi connectivity index (χ4v) is 4.83. The molecule has 1 aliphatic rings. The summed E-state index contributed by atoms with van der Waals surface area (Å²) in [6.45, 7) is 4.25. The summed E-state index contributed by atoms with van der Waals surface area (Å²) in [4.78, 5) is 40.3. The van der Waals surface area contributed by atoms with Gasteiger partial charge in [0.15, 0.2) is 0 Å². The lowest BCUT2D eigenvalue weighted by Gasteiger charge is -2.23. The first-order chi connectivity index (χ1) is 20.6. The normalized spacial score (nSPS) is 15.4. The molecule has 0 saturated heterocycles. The molecule has 0 fully saturated rings. The predicted octanol–water partition coefficient (Wildman–Crippen LogP) is 0.317. The van der Waals surface area contributed by atoms with Gasteiger partial charge >= 0.3 is 13.3 Å². The van der Waals surface area contributed by atoms with Gasteiger partial charge in [-0.3, -0.25) is 14.4 Å². The molecule has 1 aliphatic heterocycles. The monoisotopic (exact) mass is 624 g/mol. The molecule has 16 heteroatoms. The number of amides is 3. The van der Waals surface area contributed by atoms with Crippen LogP contribution in [0.3, 0.4) is 0 Å². The molecule has 2 atom stereocenters. The maximum absolute atomic E-state index is 15.0. The van der Waals surface area contributed by atoms with Crippen molar-refractivity contribution in [3.63, 3.8) is 0 Å². The fraction of sp³-hybridized carbons (Fsp3) is 0.464. The van der Waals surface area contributed by atoms with E-state index in [-0.39, 0.29) is 68.1 Å². The van der Waals surface area contributed by atoms with E-state index in [0.717, 1.165) is 30.3 Å². The Kier molecular flexibility index (Phi) is 11.5. The number of hydrogen-bond donors (Lipinski definition) is 6. The van der Waals surface area contributed by atoms with E-state index in [1.807, 2.05) is 0 Å². The lowest BCUT2D eigenvalue weighted by atomic mass is 9.78. The number of rotatable bonds is 13. The predicted molar refractivity (Wildman–Crippen MR) is 156 cm³/mol. The first-order valence-corrected chi connectivity index (χ1v) is 14.0. The van der Waals surface area contributed by atoms with Crippen molar-refractivity contribution in [3.05, 3.63) is 58.9 Å². The van der Waals surface area contributed by atoms with Crippen LogP contribution in [-0.4, -0.2) is 73.0 Å². The standard InChI is InChI=1S/C28H37BF4N6O5/c1-27(2)18-14-20(30)22(15-19(18)29(43)44-27)37-26(42)23(13-16-3-5-17(6-4-16)28(31,32)33)38-25(41)21(36)7-8-24(40)39(11-9-34)12-10-35/h3-6,14-15,21,23,43H,7-13,34-36H2,1-2H3,(H,37,42)(H,38,41)/t21-,23+/m0/s1. The average molecular weight is 624 g/mol. The van der Waals surface area contributed by atoms with Gasteiger partial charge in [-0.2, -0.15) is 13.2 Å². The topological polar surface area (TPSA) is 186 Å². The van der Waals surface area contributed by atoms with E-state index in [0.29, 0.717) is 5.56 Å². The molecule has 0 bridgehead atoms. The molecule has 2 aromatic carbocycles. The summed E-state index contributed by atoms with van der Waals surface area (Å²) in [5, 5.41) is 15.1. The van der Waals surface area contributed by atoms with Crippen LogP contribution in [0.2, 0.25) is 0 Å². The molecule has 3 rings (SSSR count). The Bertz CT molecular complexity index is 1340. The van der Waals surface area contributed by atoms with Crippen molar-refractivity contribution < 1.29 is 41.6 Å². The van der Waals surface area contributed by atoms with Crippen molar-refractivity contribution in [1.29, 1.82) is 0 Å². The summed E-state index contributed by atoms with van der Waals surface area (Å²) in [6, 6.07) is 3.68. The number of halogens is 4. The Morgan fingerprint density at radius 2 is 1.68 bits per heavy atom. The minimum atomic E-state index is -4.58. The van der Waals surface area contributed by atoms with Crippen molar-refractivity contribution in [1.82, 2.24) is 10.2 Å². The lowest BCUT2D eigenvalue weighted by molar-refractivity contribution is -0.137. The van der Waals surface area contributed by atoms with Gasteiger partial charge in [0.25, 0.3) is 0 Å². The molecule has 11 nitrogen and oxygen atoms in total. The number of anilines is 1. The van der Waals surface area contributed by atoms with Gasteiger partial charge in [0.05, 0.1) is 22.9 Å². The first-order valence-electron chi connectivity index (χ1n) is 14.0. The van der Waals surface area contributed by atoms with Crippen molar-refractivity contribution in [2.75, 3.05) is 31.5 Å². The highest BCUT2D eigenvalue weighted by atomic mass is 19.4. The summed E-state index contributed by atoms with van der Waals surface area (Å²) in [5.41, 5.74) is 15.8. The van der Waals surface area contributed by atoms with Crippen molar-refractivity contribution in [3.8, 4) is 0 Å². The smallest absolute Gasteiger partial charge is 0.423 e. The second-order valence-electron chi connectivity index (χ2n) is 11.0. The van der Waals surface area contributed by atoms with Crippen LogP contribution in [0.1, 0.15) is 43.4 Å². The molecule has 3 amide bonds. The van der Waals surface area contributed by atoms with Gasteiger partial charge in [0.1, 0.15) is 11.9 Å². The molecule has 0 aliphatic carbocycles. The van der Waals surface area contributed by atoms with Crippen LogP contribution < -0.4 is 33.3 Å². The summed E-state index contributed by atoms with van der Waals surface area (Å²) >= 11 is 0. The zero-order valence-electron chi connectivity index (χ0n) is 24.4. The van der Waals surface area contributed by atoms with Crippen LogP contribution >= 0.6 is 0 Å². The molecule has 0 spiro atoms. The van der Waals surface area contributed by atoms with Gasteiger partial charge < -0.3 is 42.4 Å². The third-order valence-electron chi connectivity index (χ3n) is 7.23. The molecule has 9 N–H and O–H groups in total. The SMILES string of the molecule is CC1(C)OB(O)c2cc(NC(=O)[C@@H](Cc3ccc(C(F)(F)F)cc3)NC(=O)[C@@H](N)CCC(=O)N(CCN)CCN)c(F)cc21. The van der Waals surface area contributed by atoms with Gasteiger partial charge in [0.2, 0.25) is 17.7 Å². The number of nitrogens with zero attached hydrogens (tertiary/aromatic N) is 1. The van der Waals surface area contributed by atoms with Gasteiger partial charge in [-0.05, 0) is 61.1 Å². The van der Waals surface area contributed by atoms with Crippen LogP contribution in [0.25, 0.3) is 0 Å². The first kappa shape index (κ1) is 34.9. The Hall–Kier alpha value is -3.57. The minimum absolute atomic E-state index is 0.0853. The number of nitrogens with two attached hydrogens (primary N) is 3. The largest absolute Gasteiger partial charge is 0.492 e. The van der Waals surface area contributed by atoms with Gasteiger partial charge in [-0.15, -0.1) is 0 Å². The van der Waals surface area contributed by atoms with Crippen LogP contribution in [0.5, 0.6) is 0 Å². The summed E-state index contributed by atoms with van der Waals surface area (Å²) in [7, 11) is -1.37. The Morgan fingerprint density at radius 1 is 1.07 bits per heavy atom. The van der Waals surface area contributed by atoms with E-state index in [1.54, 1.807) is 13.8 Å². The maximum Gasteiger partial charge on any atom is 0.492 e. The fourth-order valence-electron chi connectivity index (χ4n) is 4.83. The van der Waals surface area contributed by atoms with Crippen LogP contribution in [0, 0.1) is 5.82 Å². The molecule has 0 unspecified atom stereocenters. The number of fused-ring (bicyclic) bond motifs is 1. The number of alkyl halides is 3. The van der Waals surface area contributed by atoms with Gasteiger partial charge in [-0.1, -0.05) is 12.1 Å². The third kappa shape index (κ3) is 8.76. The zero-order valence-corrected chi connectivity index (χ0v) is 24.4. The molecule has 2 aromatic rings. The summed E-state index contributed by atoms with van der Waals surface area (Å²) in [5.74, 6) is -2.86. The molecule has 44 heavy (non-hydrogen) atoms. The third-order valence-corrected chi connectivity index (χ3v) is 7.23. The summed E-state index contributed by atoms with van der Waals surface area (Å²) < 4.78 is 59.6. The number of carbonyl (C=O) groups excluding carboxylic acids is 3. The second kappa shape index (κ2) is 14.5. The van der Waals surface area contributed by atoms with E-state index in [2.05, 4.69) is 10.6 Å². The van der Waals surface area contributed by atoms with Crippen LogP contribution in [0.15, 0.2) is 36.4 Å². The Morgan fingerprint density at radius 3 is 2.25 bits per heavy atom. The van der Waals surface area contributed by atoms with Gasteiger partial charge in [0, 0.05) is 39.0 Å². The van der Waals surface area contributed by atoms with Crippen molar-refractivity contribution >= 4 is 36.0 Å². The van der Waals surface area contributed by atoms with Crippen LogP contribution in [-0.2, 0) is 37.2 Å². The molecule has 1 heterocycles. The molecule has 0 radical (unpaired) electrons. The Labute approximate surface area is 252 Å². The maximum atomic E-state index is 15.0. The highest BCUT2D eigenvalue weighted by Gasteiger charge is 2.41.